The van der Waals surface area contributed by atoms with Crippen molar-refractivity contribution in [3.05, 3.63) is 0 Å². The summed E-state index contributed by atoms with van der Waals surface area (Å²) in [6.45, 7) is 10.2. The van der Waals surface area contributed by atoms with Crippen LogP contribution in [0.15, 0.2) is 0 Å². The third-order valence-corrected chi connectivity index (χ3v) is 12.6. The zero-order valence-corrected chi connectivity index (χ0v) is 48.5. The highest BCUT2D eigenvalue weighted by Crippen LogP contribution is 2.15. The van der Waals surface area contributed by atoms with Crippen LogP contribution in [0.4, 0.5) is 4.79 Å². The Bertz CT molecular complexity index is 1270. The number of ether oxygens (including phenoxy) is 6. The van der Waals surface area contributed by atoms with Crippen molar-refractivity contribution in [2.24, 2.45) is 0 Å². The molecule has 0 bridgehead atoms. The van der Waals surface area contributed by atoms with Gasteiger partial charge in [-0.05, 0) is 65.6 Å². The second-order valence-corrected chi connectivity index (χ2v) is 20.1. The predicted octanol–water partition coefficient (Wildman–Crippen LogP) is 12.8. The second kappa shape index (κ2) is 59.8. The molecule has 2 unspecified atom stereocenters. The van der Waals surface area contributed by atoms with E-state index in [1.807, 2.05) is 14.1 Å². The van der Waals surface area contributed by atoms with Crippen LogP contribution in [0.1, 0.15) is 233 Å². The van der Waals surface area contributed by atoms with E-state index in [1.54, 1.807) is 4.90 Å². The van der Waals surface area contributed by atoms with Crippen LogP contribution in [0, 0.1) is 0 Å². The van der Waals surface area contributed by atoms with E-state index in [0.717, 1.165) is 103 Å². The van der Waals surface area contributed by atoms with E-state index >= 15 is 0 Å². The molecule has 0 aromatic rings. The lowest BCUT2D eigenvalue weighted by Crippen LogP contribution is -2.33. The van der Waals surface area contributed by atoms with E-state index in [-0.39, 0.29) is 56.4 Å². The molecule has 0 heterocycles. The Kier molecular flexibility index (Phi) is 60.7. The molecule has 0 spiro atoms. The SMILES string of the molecule is CCCCCCCCC(=O)OCC(COC)OC(=O)CCCN(CCCC(=O)OC(COC)COC(=O)CCCCCCC)C(=O)SCCCN(C)C.CCCCCCCCC=O.CCCCCCCCC=O. The number of methoxy groups -OCH3 is 2. The van der Waals surface area contributed by atoms with E-state index < -0.39 is 24.1 Å². The Morgan fingerprint density at radius 1 is 0.425 bits per heavy atom. The van der Waals surface area contributed by atoms with Crippen molar-refractivity contribution in [2.75, 3.05) is 80.1 Å². The van der Waals surface area contributed by atoms with Gasteiger partial charge in [-0.2, -0.15) is 0 Å². The van der Waals surface area contributed by atoms with Crippen molar-refractivity contribution in [2.45, 2.75) is 245 Å². The Balaban J connectivity index is -0.00000202. The first-order chi connectivity index (χ1) is 35.4. The lowest BCUT2D eigenvalue weighted by molar-refractivity contribution is -0.162. The normalized spacial score (nSPS) is 11.6. The van der Waals surface area contributed by atoms with Crippen LogP contribution in [0.3, 0.4) is 0 Å². The number of unbranched alkanes of at least 4 members (excludes halogenated alkanes) is 21. The van der Waals surface area contributed by atoms with Crippen molar-refractivity contribution in [3.8, 4) is 0 Å². The molecule has 16 heteroatoms. The van der Waals surface area contributed by atoms with Gasteiger partial charge in [0.15, 0.2) is 12.2 Å². The Morgan fingerprint density at radius 3 is 1.11 bits per heavy atom. The van der Waals surface area contributed by atoms with Crippen LogP contribution in [0.2, 0.25) is 0 Å². The molecule has 0 radical (unpaired) electrons. The quantitative estimate of drug-likeness (QED) is 0.0243. The summed E-state index contributed by atoms with van der Waals surface area (Å²) in [4.78, 5) is 86.4. The number of aldehydes is 2. The first-order valence-electron chi connectivity index (χ1n) is 28.5. The summed E-state index contributed by atoms with van der Waals surface area (Å²) >= 11 is 1.21. The third kappa shape index (κ3) is 58.0. The van der Waals surface area contributed by atoms with Gasteiger partial charge in [-0.1, -0.05) is 161 Å². The van der Waals surface area contributed by atoms with Gasteiger partial charge in [-0.25, -0.2) is 0 Å². The van der Waals surface area contributed by atoms with Gasteiger partial charge in [-0.15, -0.1) is 0 Å². The molecule has 2 atom stereocenters. The molecular weight excluding hydrogens is 953 g/mol. The minimum absolute atomic E-state index is 0.0545. The number of carbonyl (C=O) groups excluding carboxylic acids is 7. The molecule has 73 heavy (non-hydrogen) atoms. The maximum Gasteiger partial charge on any atom is 0.306 e. The molecule has 0 N–H and O–H groups in total. The summed E-state index contributed by atoms with van der Waals surface area (Å²) < 4.78 is 32.1. The van der Waals surface area contributed by atoms with Crippen LogP contribution < -0.4 is 0 Å². The first-order valence-corrected chi connectivity index (χ1v) is 29.5. The summed E-state index contributed by atoms with van der Waals surface area (Å²) in [5, 5.41) is -0.126. The van der Waals surface area contributed by atoms with E-state index in [9.17, 15) is 33.6 Å². The van der Waals surface area contributed by atoms with Crippen LogP contribution in [0.25, 0.3) is 0 Å². The second-order valence-electron chi connectivity index (χ2n) is 19.1. The van der Waals surface area contributed by atoms with Crippen LogP contribution in [-0.4, -0.2) is 144 Å². The van der Waals surface area contributed by atoms with Crippen molar-refractivity contribution in [1.29, 1.82) is 0 Å². The number of hydrogen-bond donors (Lipinski definition) is 0. The molecular formula is C57H108N2O13S. The van der Waals surface area contributed by atoms with Gasteiger partial charge in [-0.3, -0.25) is 24.0 Å². The fourth-order valence-electron chi connectivity index (χ4n) is 7.30. The molecule has 0 saturated heterocycles. The number of nitrogens with zero attached hydrogens (tertiary/aromatic N) is 2. The third-order valence-electron chi connectivity index (χ3n) is 11.6. The molecule has 0 aliphatic carbocycles. The van der Waals surface area contributed by atoms with Gasteiger partial charge in [0.2, 0.25) is 0 Å². The van der Waals surface area contributed by atoms with Crippen LogP contribution >= 0.6 is 11.8 Å². The highest BCUT2D eigenvalue weighted by Gasteiger charge is 2.21. The Hall–Kier alpha value is -3.08. The highest BCUT2D eigenvalue weighted by molar-refractivity contribution is 8.13. The smallest absolute Gasteiger partial charge is 0.306 e. The van der Waals surface area contributed by atoms with E-state index in [1.165, 1.54) is 109 Å². The maximum atomic E-state index is 13.1. The van der Waals surface area contributed by atoms with Gasteiger partial charge < -0.3 is 47.8 Å². The lowest BCUT2D eigenvalue weighted by Gasteiger charge is -2.23. The summed E-state index contributed by atoms with van der Waals surface area (Å²) in [6, 6.07) is 0. The Labute approximate surface area is 449 Å². The standard InChI is InChI=1S/C39H72N2O11S.2C9H18O/c1-7-9-11-13-15-17-22-36(43)50-32-34(30-48-6)52-38(45)24-19-27-41(39(46)53-28-20-25-40(3)4)26-18-23-37(44)51-33(29-47-5)31-49-35(42)21-16-14-12-10-8-2;2*1-2-3-4-5-6-7-8-9-10/h33-34H,7-32H2,1-6H3;2*9H,2-8H2,1H3. The van der Waals surface area contributed by atoms with Gasteiger partial charge in [0, 0.05) is 71.6 Å². The fourth-order valence-corrected chi connectivity index (χ4v) is 8.12. The van der Waals surface area contributed by atoms with Gasteiger partial charge >= 0.3 is 23.9 Å². The number of thioether (sulfide) groups is 1. The average Bonchev–Trinajstić information content (AvgIpc) is 3.36. The molecule has 1 amide bonds. The summed E-state index contributed by atoms with van der Waals surface area (Å²) in [5.74, 6) is -0.954. The topological polar surface area (TPSA) is 181 Å². The average molecular weight is 1060 g/mol. The van der Waals surface area contributed by atoms with Gasteiger partial charge in [0.25, 0.3) is 5.24 Å². The lowest BCUT2D eigenvalue weighted by atomic mass is 10.1. The minimum atomic E-state index is -0.724. The molecule has 0 aliphatic rings. The maximum absolute atomic E-state index is 13.1. The van der Waals surface area contributed by atoms with Crippen molar-refractivity contribution >= 4 is 53.5 Å². The molecule has 0 aliphatic heterocycles. The molecule has 430 valence electrons. The van der Waals surface area contributed by atoms with Crippen LogP contribution in [0.5, 0.6) is 0 Å². The van der Waals surface area contributed by atoms with E-state index in [0.29, 0.717) is 44.5 Å². The predicted molar refractivity (Wildman–Crippen MR) is 296 cm³/mol. The summed E-state index contributed by atoms with van der Waals surface area (Å²) in [6.07, 6.45) is 31.2. The summed E-state index contributed by atoms with van der Waals surface area (Å²) in [5.41, 5.74) is 0. The molecule has 0 saturated carbocycles. The zero-order chi connectivity index (χ0) is 54.8. The number of rotatable bonds is 49. The van der Waals surface area contributed by atoms with Crippen LogP contribution in [-0.2, 0) is 57.2 Å². The molecule has 0 fully saturated rings. The number of esters is 4. The largest absolute Gasteiger partial charge is 0.462 e. The van der Waals surface area contributed by atoms with Crippen molar-refractivity contribution < 1.29 is 62.0 Å². The molecule has 15 nitrogen and oxygen atoms in total. The molecule has 0 rings (SSSR count). The van der Waals surface area contributed by atoms with Crippen molar-refractivity contribution in [1.82, 2.24) is 9.80 Å². The summed E-state index contributed by atoms with van der Waals surface area (Å²) in [7, 11) is 6.92. The molecule has 0 aromatic carbocycles. The van der Waals surface area contributed by atoms with E-state index in [4.69, 9.17) is 28.4 Å². The highest BCUT2D eigenvalue weighted by atomic mass is 32.2. The number of carbonyl (C=O) groups is 7. The Morgan fingerprint density at radius 2 is 0.767 bits per heavy atom. The number of amides is 1. The first kappa shape index (κ1) is 74.2. The monoisotopic (exact) mass is 1060 g/mol. The molecule has 0 aromatic heterocycles. The van der Waals surface area contributed by atoms with Gasteiger partial charge in [0.1, 0.15) is 25.8 Å². The van der Waals surface area contributed by atoms with Gasteiger partial charge in [0.05, 0.1) is 13.2 Å². The number of hydrogen-bond acceptors (Lipinski definition) is 15. The minimum Gasteiger partial charge on any atom is -0.462 e. The van der Waals surface area contributed by atoms with Crippen molar-refractivity contribution in [3.63, 3.8) is 0 Å². The zero-order valence-electron chi connectivity index (χ0n) is 47.7. The van der Waals surface area contributed by atoms with E-state index in [2.05, 4.69) is 32.6 Å². The fraction of sp³-hybridized carbons (Fsp3) is 0.877.